The Balaban J connectivity index is 2.32. The summed E-state index contributed by atoms with van der Waals surface area (Å²) in [4.78, 5) is 37.2. The van der Waals surface area contributed by atoms with Crippen molar-refractivity contribution in [2.75, 3.05) is 5.73 Å². The van der Waals surface area contributed by atoms with E-state index in [0.29, 0.717) is 5.69 Å². The second-order valence-corrected chi connectivity index (χ2v) is 3.72. The second kappa shape index (κ2) is 5.18. The number of aromatic carboxylic acids is 1. The highest BCUT2D eigenvalue weighted by molar-refractivity contribution is 5.87. The van der Waals surface area contributed by atoms with E-state index in [2.05, 4.69) is 15.2 Å². The number of carboxylic acid groups (broad SMARTS) is 1. The van der Waals surface area contributed by atoms with Crippen LogP contribution < -0.4 is 17.0 Å². The summed E-state index contributed by atoms with van der Waals surface area (Å²) in [5, 5.41) is 16.1. The van der Waals surface area contributed by atoms with Crippen molar-refractivity contribution in [2.45, 2.75) is 0 Å². The van der Waals surface area contributed by atoms with Gasteiger partial charge in [0.05, 0.1) is 11.3 Å². The Hall–Kier alpha value is -3.23. The molecule has 0 aliphatic rings. The van der Waals surface area contributed by atoms with Gasteiger partial charge in [-0.05, 0) is 24.3 Å². The number of nitrogen functional groups attached to an aromatic ring is 1. The summed E-state index contributed by atoms with van der Waals surface area (Å²) >= 11 is 0. The maximum atomic E-state index is 11.4. The lowest BCUT2D eigenvalue weighted by Gasteiger charge is -1.97. The Labute approximate surface area is 110 Å². The molecule has 0 fully saturated rings. The Morgan fingerprint density at radius 1 is 1.10 bits per heavy atom. The predicted octanol–water partition coefficient (Wildman–Crippen LogP) is 0.759. The van der Waals surface area contributed by atoms with Gasteiger partial charge in [-0.2, -0.15) is 5.11 Å². The van der Waals surface area contributed by atoms with E-state index in [0.717, 1.165) is 0 Å². The molecule has 0 amide bonds. The van der Waals surface area contributed by atoms with Gasteiger partial charge in [0.25, 0.3) is 5.56 Å². The number of hydrogen-bond acceptors (Lipinski definition) is 6. The van der Waals surface area contributed by atoms with Crippen molar-refractivity contribution in [3.8, 4) is 0 Å². The summed E-state index contributed by atoms with van der Waals surface area (Å²) in [6.45, 7) is 0. The van der Waals surface area contributed by atoms with Gasteiger partial charge in [0, 0.05) is 0 Å². The first kappa shape index (κ1) is 13.2. The van der Waals surface area contributed by atoms with Crippen LogP contribution in [0.25, 0.3) is 0 Å². The van der Waals surface area contributed by atoms with E-state index in [-0.39, 0.29) is 17.1 Å². The monoisotopic (exact) mass is 275 g/mol. The number of nitrogens with zero attached hydrogens (tertiary/aromatic N) is 2. The summed E-state index contributed by atoms with van der Waals surface area (Å²) < 4.78 is 0. The molecule has 0 atom stereocenters. The van der Waals surface area contributed by atoms with E-state index in [1.54, 1.807) is 0 Å². The van der Waals surface area contributed by atoms with Crippen molar-refractivity contribution in [3.63, 3.8) is 0 Å². The van der Waals surface area contributed by atoms with Gasteiger partial charge >= 0.3 is 11.7 Å². The molecule has 9 heteroatoms. The SMILES string of the molecule is Nc1[nH]c(=O)[nH]c(=O)c1N=Nc1ccc(C(=O)O)cc1. The van der Waals surface area contributed by atoms with Crippen LogP contribution in [0.4, 0.5) is 17.2 Å². The van der Waals surface area contributed by atoms with E-state index in [9.17, 15) is 14.4 Å². The van der Waals surface area contributed by atoms with Crippen molar-refractivity contribution >= 4 is 23.2 Å². The predicted molar refractivity (Wildman–Crippen MR) is 69.7 cm³/mol. The van der Waals surface area contributed by atoms with Gasteiger partial charge in [0.2, 0.25) is 0 Å². The number of azo groups is 1. The molecule has 2 rings (SSSR count). The van der Waals surface area contributed by atoms with Crippen LogP contribution in [0.5, 0.6) is 0 Å². The first-order valence-electron chi connectivity index (χ1n) is 5.34. The molecule has 0 bridgehead atoms. The Morgan fingerprint density at radius 3 is 2.30 bits per heavy atom. The molecule has 20 heavy (non-hydrogen) atoms. The van der Waals surface area contributed by atoms with Crippen molar-refractivity contribution in [3.05, 3.63) is 50.7 Å². The third-order valence-electron chi connectivity index (χ3n) is 2.33. The minimum Gasteiger partial charge on any atom is -0.478 e. The molecule has 1 aromatic carbocycles. The molecule has 1 aromatic heterocycles. The number of nitrogens with one attached hydrogen (secondary N) is 2. The third kappa shape index (κ3) is 2.77. The number of hydrogen-bond donors (Lipinski definition) is 4. The molecular formula is C11H9N5O4. The number of aromatic amines is 2. The van der Waals surface area contributed by atoms with Crippen LogP contribution in [0.1, 0.15) is 10.4 Å². The zero-order valence-electron chi connectivity index (χ0n) is 9.95. The van der Waals surface area contributed by atoms with Crippen molar-refractivity contribution < 1.29 is 9.90 Å². The molecular weight excluding hydrogens is 266 g/mol. The molecule has 0 aliphatic heterocycles. The van der Waals surface area contributed by atoms with Crippen molar-refractivity contribution in [2.24, 2.45) is 10.2 Å². The van der Waals surface area contributed by atoms with Gasteiger partial charge in [-0.25, -0.2) is 9.59 Å². The molecule has 0 spiro atoms. The quantitative estimate of drug-likeness (QED) is 0.609. The molecule has 0 saturated heterocycles. The van der Waals surface area contributed by atoms with Crippen molar-refractivity contribution in [1.82, 2.24) is 9.97 Å². The molecule has 0 radical (unpaired) electrons. The van der Waals surface area contributed by atoms with Gasteiger partial charge in [0.15, 0.2) is 5.69 Å². The number of anilines is 1. The number of rotatable bonds is 3. The van der Waals surface area contributed by atoms with E-state index in [1.807, 2.05) is 4.98 Å². The van der Waals surface area contributed by atoms with Crippen molar-refractivity contribution in [1.29, 1.82) is 0 Å². The summed E-state index contributed by atoms with van der Waals surface area (Å²) in [7, 11) is 0. The molecule has 2 aromatic rings. The van der Waals surface area contributed by atoms with Gasteiger partial charge < -0.3 is 10.8 Å². The lowest BCUT2D eigenvalue weighted by molar-refractivity contribution is 0.0697. The Kier molecular flexibility index (Phi) is 3.42. The van der Waals surface area contributed by atoms with E-state index >= 15 is 0 Å². The molecule has 0 saturated carbocycles. The van der Waals surface area contributed by atoms with Crippen LogP contribution in [-0.4, -0.2) is 21.0 Å². The van der Waals surface area contributed by atoms with Crippen LogP contribution in [-0.2, 0) is 0 Å². The highest BCUT2D eigenvalue weighted by Gasteiger charge is 2.05. The third-order valence-corrected chi connectivity index (χ3v) is 2.33. The average molecular weight is 275 g/mol. The second-order valence-electron chi connectivity index (χ2n) is 3.72. The minimum absolute atomic E-state index is 0.102. The van der Waals surface area contributed by atoms with Gasteiger partial charge in [-0.3, -0.25) is 14.8 Å². The fourth-order valence-corrected chi connectivity index (χ4v) is 1.38. The summed E-state index contributed by atoms with van der Waals surface area (Å²) in [5.74, 6) is -1.26. The normalized spacial score (nSPS) is 10.8. The van der Waals surface area contributed by atoms with Crippen LogP contribution in [0.3, 0.4) is 0 Å². The fraction of sp³-hybridized carbons (Fsp3) is 0. The molecule has 0 aliphatic carbocycles. The van der Waals surface area contributed by atoms with Gasteiger partial charge in [0.1, 0.15) is 5.82 Å². The van der Waals surface area contributed by atoms with Gasteiger partial charge in [-0.1, -0.05) is 0 Å². The largest absolute Gasteiger partial charge is 0.478 e. The van der Waals surface area contributed by atoms with Crippen LogP contribution in [0.2, 0.25) is 0 Å². The molecule has 5 N–H and O–H groups in total. The van der Waals surface area contributed by atoms with E-state index in [1.165, 1.54) is 24.3 Å². The smallest absolute Gasteiger partial charge is 0.335 e. The standard InChI is InChI=1S/C11H9N5O4/c12-8-7(9(17)14-11(20)13-8)16-15-6-3-1-5(2-4-6)10(18)19/h1-4H,(H,18,19)(H4,12,13,14,17,20). The number of aromatic nitrogens is 2. The maximum Gasteiger partial charge on any atom is 0.335 e. The highest BCUT2D eigenvalue weighted by atomic mass is 16.4. The minimum atomic E-state index is -1.06. The van der Waals surface area contributed by atoms with Crippen LogP contribution >= 0.6 is 0 Å². The number of nitrogens with two attached hydrogens (primary N) is 1. The number of carbonyl (C=O) groups is 1. The fourth-order valence-electron chi connectivity index (χ4n) is 1.38. The molecule has 102 valence electrons. The lowest BCUT2D eigenvalue weighted by Crippen LogP contribution is -2.23. The van der Waals surface area contributed by atoms with E-state index < -0.39 is 17.2 Å². The zero-order chi connectivity index (χ0) is 14.7. The lowest BCUT2D eigenvalue weighted by atomic mass is 10.2. The topological polar surface area (TPSA) is 154 Å². The number of H-pyrrole nitrogens is 2. The zero-order valence-corrected chi connectivity index (χ0v) is 9.95. The highest BCUT2D eigenvalue weighted by Crippen LogP contribution is 2.18. The van der Waals surface area contributed by atoms with E-state index in [4.69, 9.17) is 10.8 Å². The molecule has 1 heterocycles. The summed E-state index contributed by atoms with van der Waals surface area (Å²) in [5.41, 5.74) is 4.14. The average Bonchev–Trinajstić information content (AvgIpc) is 2.38. The molecule has 9 nitrogen and oxygen atoms in total. The van der Waals surface area contributed by atoms with Crippen LogP contribution in [0.15, 0.2) is 44.1 Å². The maximum absolute atomic E-state index is 11.4. The first-order valence-corrected chi connectivity index (χ1v) is 5.34. The number of benzene rings is 1. The Morgan fingerprint density at radius 2 is 1.75 bits per heavy atom. The first-order chi connectivity index (χ1) is 9.47. The van der Waals surface area contributed by atoms with Gasteiger partial charge in [-0.15, -0.1) is 5.11 Å². The number of carboxylic acids is 1. The molecule has 0 unspecified atom stereocenters. The summed E-state index contributed by atoms with van der Waals surface area (Å²) in [6, 6.07) is 5.53. The Bertz CT molecular complexity index is 788. The summed E-state index contributed by atoms with van der Waals surface area (Å²) in [6.07, 6.45) is 0. The van der Waals surface area contributed by atoms with Crippen LogP contribution in [0, 0.1) is 0 Å².